The van der Waals surface area contributed by atoms with Crippen LogP contribution in [0.5, 0.6) is 5.75 Å². The summed E-state index contributed by atoms with van der Waals surface area (Å²) in [6, 6.07) is 4.55. The summed E-state index contributed by atoms with van der Waals surface area (Å²) in [5, 5.41) is 0. The van der Waals surface area contributed by atoms with Crippen LogP contribution in [0.3, 0.4) is 0 Å². The molecule has 1 aliphatic rings. The second-order valence-corrected chi connectivity index (χ2v) is 3.95. The molecular weight excluding hydrogens is 209 g/mol. The first-order chi connectivity index (χ1) is 7.78. The lowest BCUT2D eigenvalue weighted by molar-refractivity contribution is 0.0678. The largest absolute Gasteiger partial charge is 0.491 e. The van der Waals surface area contributed by atoms with Gasteiger partial charge in [0.1, 0.15) is 18.2 Å². The molecule has 1 aromatic carbocycles. The SMILES string of the molecule is NCc1cc(F)cc(OCC2CCCO2)c1. The molecule has 1 unspecified atom stereocenters. The van der Waals surface area contributed by atoms with Gasteiger partial charge in [-0.3, -0.25) is 0 Å². The average molecular weight is 225 g/mol. The van der Waals surface area contributed by atoms with E-state index in [0.29, 0.717) is 18.9 Å². The van der Waals surface area contributed by atoms with Gasteiger partial charge in [-0.15, -0.1) is 0 Å². The smallest absolute Gasteiger partial charge is 0.127 e. The number of nitrogens with two attached hydrogens (primary N) is 1. The maximum absolute atomic E-state index is 13.1. The molecule has 1 aromatic rings. The topological polar surface area (TPSA) is 44.5 Å². The minimum absolute atomic E-state index is 0.143. The fourth-order valence-electron chi connectivity index (χ4n) is 1.79. The highest BCUT2D eigenvalue weighted by Gasteiger charge is 2.16. The highest BCUT2D eigenvalue weighted by molar-refractivity contribution is 5.29. The van der Waals surface area contributed by atoms with Crippen LogP contribution in [0.4, 0.5) is 4.39 Å². The van der Waals surface area contributed by atoms with Gasteiger partial charge in [0.2, 0.25) is 0 Å². The standard InChI is InChI=1S/C12H16FNO2/c13-10-4-9(7-14)5-12(6-10)16-8-11-2-1-3-15-11/h4-6,11H,1-3,7-8,14H2. The molecule has 0 amide bonds. The zero-order valence-corrected chi connectivity index (χ0v) is 9.12. The maximum Gasteiger partial charge on any atom is 0.127 e. The first-order valence-corrected chi connectivity index (χ1v) is 5.52. The Balaban J connectivity index is 1.94. The summed E-state index contributed by atoms with van der Waals surface area (Å²) in [7, 11) is 0. The highest BCUT2D eigenvalue weighted by atomic mass is 19.1. The van der Waals surface area contributed by atoms with E-state index in [1.807, 2.05) is 0 Å². The fourth-order valence-corrected chi connectivity index (χ4v) is 1.79. The predicted octanol–water partition coefficient (Wildman–Crippen LogP) is 1.84. The van der Waals surface area contributed by atoms with Crippen LogP contribution in [-0.4, -0.2) is 19.3 Å². The minimum atomic E-state index is -0.315. The Morgan fingerprint density at radius 2 is 2.31 bits per heavy atom. The molecule has 4 heteroatoms. The van der Waals surface area contributed by atoms with E-state index in [4.69, 9.17) is 15.2 Å². The van der Waals surface area contributed by atoms with E-state index < -0.39 is 0 Å². The Kier molecular flexibility index (Phi) is 3.74. The fraction of sp³-hybridized carbons (Fsp3) is 0.500. The molecule has 0 aromatic heterocycles. The second kappa shape index (κ2) is 5.27. The van der Waals surface area contributed by atoms with Crippen molar-refractivity contribution in [3.63, 3.8) is 0 Å². The molecule has 1 aliphatic heterocycles. The van der Waals surface area contributed by atoms with Crippen LogP contribution in [0, 0.1) is 5.82 Å². The molecule has 0 spiro atoms. The zero-order valence-electron chi connectivity index (χ0n) is 9.12. The molecule has 1 fully saturated rings. The minimum Gasteiger partial charge on any atom is -0.491 e. The van der Waals surface area contributed by atoms with Gasteiger partial charge in [0.25, 0.3) is 0 Å². The van der Waals surface area contributed by atoms with Crippen LogP contribution in [0.2, 0.25) is 0 Å². The first-order valence-electron chi connectivity index (χ1n) is 5.52. The van der Waals surface area contributed by atoms with Crippen molar-refractivity contribution in [1.82, 2.24) is 0 Å². The van der Waals surface area contributed by atoms with Crippen molar-refractivity contribution < 1.29 is 13.9 Å². The van der Waals surface area contributed by atoms with Crippen LogP contribution in [-0.2, 0) is 11.3 Å². The summed E-state index contributed by atoms with van der Waals surface area (Å²) in [4.78, 5) is 0. The number of ether oxygens (including phenoxy) is 2. The molecule has 0 radical (unpaired) electrons. The van der Waals surface area contributed by atoms with Crippen molar-refractivity contribution in [3.05, 3.63) is 29.6 Å². The molecule has 1 atom stereocenters. The van der Waals surface area contributed by atoms with Gasteiger partial charge in [0, 0.05) is 19.2 Å². The summed E-state index contributed by atoms with van der Waals surface area (Å²) in [6.07, 6.45) is 2.23. The van der Waals surface area contributed by atoms with Crippen molar-refractivity contribution in [2.45, 2.75) is 25.5 Å². The quantitative estimate of drug-likeness (QED) is 0.850. The van der Waals surface area contributed by atoms with Crippen molar-refractivity contribution in [2.75, 3.05) is 13.2 Å². The van der Waals surface area contributed by atoms with Gasteiger partial charge in [-0.2, -0.15) is 0 Å². The van der Waals surface area contributed by atoms with E-state index in [0.717, 1.165) is 25.0 Å². The molecule has 1 heterocycles. The number of benzene rings is 1. The number of hydrogen-bond donors (Lipinski definition) is 1. The molecule has 88 valence electrons. The van der Waals surface area contributed by atoms with E-state index in [-0.39, 0.29) is 11.9 Å². The van der Waals surface area contributed by atoms with Gasteiger partial charge in [0.05, 0.1) is 6.10 Å². The van der Waals surface area contributed by atoms with Gasteiger partial charge in [-0.05, 0) is 30.5 Å². The Labute approximate surface area is 94.3 Å². The Bertz CT molecular complexity index is 351. The van der Waals surface area contributed by atoms with Crippen LogP contribution in [0.1, 0.15) is 18.4 Å². The maximum atomic E-state index is 13.1. The van der Waals surface area contributed by atoms with Crippen LogP contribution >= 0.6 is 0 Å². The van der Waals surface area contributed by atoms with Gasteiger partial charge < -0.3 is 15.2 Å². The predicted molar refractivity (Wildman–Crippen MR) is 58.8 cm³/mol. The van der Waals surface area contributed by atoms with Crippen LogP contribution in [0.15, 0.2) is 18.2 Å². The molecular formula is C12H16FNO2. The molecule has 0 saturated carbocycles. The number of rotatable bonds is 4. The summed E-state index contributed by atoms with van der Waals surface area (Å²) in [6.45, 7) is 1.59. The van der Waals surface area contributed by atoms with Crippen molar-refractivity contribution >= 4 is 0 Å². The third-order valence-corrected chi connectivity index (χ3v) is 2.63. The van der Waals surface area contributed by atoms with Crippen molar-refractivity contribution in [3.8, 4) is 5.75 Å². The molecule has 0 aliphatic carbocycles. The third kappa shape index (κ3) is 2.93. The molecule has 2 N–H and O–H groups in total. The van der Waals surface area contributed by atoms with E-state index in [1.54, 1.807) is 6.07 Å². The lowest BCUT2D eigenvalue weighted by atomic mass is 10.2. The Hall–Kier alpha value is -1.13. The summed E-state index contributed by atoms with van der Waals surface area (Å²) < 4.78 is 24.1. The van der Waals surface area contributed by atoms with Gasteiger partial charge in [-0.25, -0.2) is 4.39 Å². The zero-order chi connectivity index (χ0) is 11.4. The highest BCUT2D eigenvalue weighted by Crippen LogP contribution is 2.18. The van der Waals surface area contributed by atoms with E-state index in [2.05, 4.69) is 0 Å². The van der Waals surface area contributed by atoms with Gasteiger partial charge in [0.15, 0.2) is 0 Å². The van der Waals surface area contributed by atoms with E-state index in [1.165, 1.54) is 12.1 Å². The average Bonchev–Trinajstić information content (AvgIpc) is 2.78. The molecule has 0 bridgehead atoms. The van der Waals surface area contributed by atoms with Gasteiger partial charge in [-0.1, -0.05) is 0 Å². The van der Waals surface area contributed by atoms with Crippen molar-refractivity contribution in [1.29, 1.82) is 0 Å². The van der Waals surface area contributed by atoms with Crippen LogP contribution < -0.4 is 10.5 Å². The van der Waals surface area contributed by atoms with Crippen molar-refractivity contribution in [2.24, 2.45) is 5.73 Å². The molecule has 1 saturated heterocycles. The Morgan fingerprint density at radius 3 is 3.00 bits per heavy atom. The normalized spacial score (nSPS) is 20.0. The lowest BCUT2D eigenvalue weighted by Crippen LogP contribution is -2.16. The monoisotopic (exact) mass is 225 g/mol. The van der Waals surface area contributed by atoms with E-state index in [9.17, 15) is 4.39 Å². The summed E-state index contributed by atoms with van der Waals surface area (Å²) in [5.41, 5.74) is 6.20. The summed E-state index contributed by atoms with van der Waals surface area (Å²) >= 11 is 0. The number of hydrogen-bond acceptors (Lipinski definition) is 3. The molecule has 2 rings (SSSR count). The first kappa shape index (κ1) is 11.4. The second-order valence-electron chi connectivity index (χ2n) is 3.95. The van der Waals surface area contributed by atoms with E-state index >= 15 is 0 Å². The molecule has 16 heavy (non-hydrogen) atoms. The lowest BCUT2D eigenvalue weighted by Gasteiger charge is -2.12. The molecule has 3 nitrogen and oxygen atoms in total. The summed E-state index contributed by atoms with van der Waals surface area (Å²) in [5.74, 6) is 0.209. The van der Waals surface area contributed by atoms with Crippen LogP contribution in [0.25, 0.3) is 0 Å². The third-order valence-electron chi connectivity index (χ3n) is 2.63. The number of halogens is 1. The Morgan fingerprint density at radius 1 is 1.44 bits per heavy atom. The van der Waals surface area contributed by atoms with Gasteiger partial charge >= 0.3 is 0 Å².